The first-order valence-electron chi connectivity index (χ1n) is 7.93. The molecule has 0 aliphatic rings. The predicted molar refractivity (Wildman–Crippen MR) is 102 cm³/mol. The standard InChI is InChI=1S/C18H16ClN5OS/c1-10-6-13(19)17-22-11(2)16(24(17)9-10)14-8-21-18(23-14)26-12-4-5-15(25-3)20-7-12/h4-9H,1-3H3,(H,21,23). The average molecular weight is 386 g/mol. The van der Waals surface area contributed by atoms with E-state index >= 15 is 0 Å². The number of nitrogens with one attached hydrogen (secondary N) is 1. The van der Waals surface area contributed by atoms with Gasteiger partial charge in [-0.05, 0) is 31.5 Å². The summed E-state index contributed by atoms with van der Waals surface area (Å²) in [6.07, 6.45) is 5.60. The van der Waals surface area contributed by atoms with Gasteiger partial charge in [-0.25, -0.2) is 15.0 Å². The maximum absolute atomic E-state index is 6.34. The van der Waals surface area contributed by atoms with Crippen LogP contribution in [0.4, 0.5) is 0 Å². The van der Waals surface area contributed by atoms with Crippen molar-refractivity contribution >= 4 is 29.0 Å². The van der Waals surface area contributed by atoms with Gasteiger partial charge in [-0.1, -0.05) is 23.4 Å². The molecule has 0 saturated carbocycles. The Morgan fingerprint density at radius 3 is 2.77 bits per heavy atom. The summed E-state index contributed by atoms with van der Waals surface area (Å²) in [4.78, 5) is 17.6. The number of aromatic amines is 1. The molecule has 0 saturated heterocycles. The molecule has 4 heterocycles. The van der Waals surface area contributed by atoms with E-state index in [4.69, 9.17) is 16.3 Å². The third kappa shape index (κ3) is 3.04. The van der Waals surface area contributed by atoms with Crippen molar-refractivity contribution in [2.75, 3.05) is 7.11 Å². The molecule has 8 heteroatoms. The van der Waals surface area contributed by atoms with Crippen molar-refractivity contribution in [3.63, 3.8) is 0 Å². The molecule has 0 aliphatic heterocycles. The molecule has 0 amide bonds. The molecule has 0 unspecified atom stereocenters. The highest BCUT2D eigenvalue weighted by atomic mass is 35.5. The van der Waals surface area contributed by atoms with E-state index in [0.717, 1.165) is 38.3 Å². The van der Waals surface area contributed by atoms with Crippen molar-refractivity contribution in [2.45, 2.75) is 23.9 Å². The number of H-pyrrole nitrogens is 1. The Kier molecular flexibility index (Phi) is 4.34. The number of nitrogens with zero attached hydrogens (tertiary/aromatic N) is 4. The highest BCUT2D eigenvalue weighted by molar-refractivity contribution is 7.99. The highest BCUT2D eigenvalue weighted by Crippen LogP contribution is 2.31. The van der Waals surface area contributed by atoms with Crippen molar-refractivity contribution in [1.82, 2.24) is 24.3 Å². The molecular weight excluding hydrogens is 370 g/mol. The molecule has 0 radical (unpaired) electrons. The van der Waals surface area contributed by atoms with Gasteiger partial charge in [-0.2, -0.15) is 0 Å². The van der Waals surface area contributed by atoms with E-state index < -0.39 is 0 Å². The second-order valence-electron chi connectivity index (χ2n) is 5.85. The number of fused-ring (bicyclic) bond motifs is 1. The van der Waals surface area contributed by atoms with E-state index in [0.29, 0.717) is 10.9 Å². The second kappa shape index (κ2) is 6.66. The number of ether oxygens (including phenoxy) is 1. The molecule has 4 rings (SSSR count). The van der Waals surface area contributed by atoms with E-state index in [2.05, 4.69) is 19.9 Å². The summed E-state index contributed by atoms with van der Waals surface area (Å²) < 4.78 is 7.09. The highest BCUT2D eigenvalue weighted by Gasteiger charge is 2.16. The van der Waals surface area contributed by atoms with Gasteiger partial charge in [0.25, 0.3) is 0 Å². The molecule has 0 aliphatic carbocycles. The first-order chi connectivity index (χ1) is 12.5. The number of aromatic nitrogens is 5. The number of rotatable bonds is 4. The molecular formula is C18H16ClN5OS. The number of imidazole rings is 2. The summed E-state index contributed by atoms with van der Waals surface area (Å²) in [5.74, 6) is 0.586. The number of aryl methyl sites for hydroxylation is 2. The van der Waals surface area contributed by atoms with Crippen LogP contribution in [0, 0.1) is 13.8 Å². The van der Waals surface area contributed by atoms with Gasteiger partial charge >= 0.3 is 0 Å². The lowest BCUT2D eigenvalue weighted by atomic mass is 10.2. The minimum absolute atomic E-state index is 0.586. The van der Waals surface area contributed by atoms with Crippen LogP contribution in [0.2, 0.25) is 5.02 Å². The fourth-order valence-electron chi connectivity index (χ4n) is 2.80. The third-order valence-electron chi connectivity index (χ3n) is 3.93. The van der Waals surface area contributed by atoms with Crippen LogP contribution in [0.1, 0.15) is 11.3 Å². The molecule has 4 aromatic rings. The lowest BCUT2D eigenvalue weighted by Crippen LogP contribution is -1.91. The molecule has 0 spiro atoms. The van der Waals surface area contributed by atoms with Gasteiger partial charge in [0.05, 0.1) is 35.4 Å². The summed E-state index contributed by atoms with van der Waals surface area (Å²) in [6.45, 7) is 3.98. The second-order valence-corrected chi connectivity index (χ2v) is 7.31. The van der Waals surface area contributed by atoms with E-state index in [1.165, 1.54) is 11.8 Å². The van der Waals surface area contributed by atoms with Crippen LogP contribution < -0.4 is 4.74 Å². The van der Waals surface area contributed by atoms with Crippen molar-refractivity contribution in [2.24, 2.45) is 0 Å². The summed E-state index contributed by atoms with van der Waals surface area (Å²) in [6, 6.07) is 5.69. The zero-order valence-electron chi connectivity index (χ0n) is 14.4. The van der Waals surface area contributed by atoms with Gasteiger partial charge in [-0.3, -0.25) is 4.40 Å². The van der Waals surface area contributed by atoms with Crippen LogP contribution >= 0.6 is 23.4 Å². The minimum Gasteiger partial charge on any atom is -0.481 e. The van der Waals surface area contributed by atoms with Crippen molar-refractivity contribution in [3.8, 4) is 17.3 Å². The van der Waals surface area contributed by atoms with E-state index in [9.17, 15) is 0 Å². The molecule has 26 heavy (non-hydrogen) atoms. The molecule has 1 N–H and O–H groups in total. The van der Waals surface area contributed by atoms with Gasteiger partial charge in [0, 0.05) is 23.4 Å². The Morgan fingerprint density at radius 1 is 1.19 bits per heavy atom. The topological polar surface area (TPSA) is 68.1 Å². The van der Waals surface area contributed by atoms with E-state index in [1.807, 2.05) is 48.8 Å². The van der Waals surface area contributed by atoms with Crippen LogP contribution in [0.15, 0.2) is 46.8 Å². The molecule has 0 atom stereocenters. The van der Waals surface area contributed by atoms with Gasteiger partial charge < -0.3 is 9.72 Å². The molecule has 132 valence electrons. The zero-order chi connectivity index (χ0) is 18.3. The number of methoxy groups -OCH3 is 1. The van der Waals surface area contributed by atoms with Crippen LogP contribution in [0.5, 0.6) is 5.88 Å². The minimum atomic E-state index is 0.586. The Bertz CT molecular complexity index is 1090. The fraction of sp³-hybridized carbons (Fsp3) is 0.167. The lowest BCUT2D eigenvalue weighted by molar-refractivity contribution is 0.397. The van der Waals surface area contributed by atoms with Gasteiger partial charge in [0.2, 0.25) is 5.88 Å². The average Bonchev–Trinajstić information content (AvgIpc) is 3.19. The maximum atomic E-state index is 6.34. The van der Waals surface area contributed by atoms with Crippen molar-refractivity contribution < 1.29 is 4.74 Å². The molecule has 0 aromatic carbocycles. The van der Waals surface area contributed by atoms with Gasteiger partial charge in [0.1, 0.15) is 0 Å². The fourth-order valence-corrected chi connectivity index (χ4v) is 3.84. The third-order valence-corrected chi connectivity index (χ3v) is 5.08. The summed E-state index contributed by atoms with van der Waals surface area (Å²) in [5.41, 5.74) is 4.55. The number of hydrogen-bond donors (Lipinski definition) is 1. The molecule has 0 bridgehead atoms. The summed E-state index contributed by atoms with van der Waals surface area (Å²) in [5, 5.41) is 1.41. The first kappa shape index (κ1) is 16.9. The maximum Gasteiger partial charge on any atom is 0.212 e. The number of hydrogen-bond acceptors (Lipinski definition) is 5. The normalized spacial score (nSPS) is 11.2. The monoisotopic (exact) mass is 385 g/mol. The number of halogens is 1. The quantitative estimate of drug-likeness (QED) is 0.558. The molecule has 0 fully saturated rings. The largest absolute Gasteiger partial charge is 0.481 e. The van der Waals surface area contributed by atoms with Crippen LogP contribution in [0.3, 0.4) is 0 Å². The van der Waals surface area contributed by atoms with Crippen molar-refractivity contribution in [3.05, 3.63) is 53.1 Å². The van der Waals surface area contributed by atoms with Crippen molar-refractivity contribution in [1.29, 1.82) is 0 Å². The van der Waals surface area contributed by atoms with Crippen LogP contribution in [-0.2, 0) is 0 Å². The van der Waals surface area contributed by atoms with Crippen LogP contribution in [0.25, 0.3) is 17.0 Å². The number of pyridine rings is 2. The Labute approximate surface area is 159 Å². The summed E-state index contributed by atoms with van der Waals surface area (Å²) in [7, 11) is 1.60. The predicted octanol–water partition coefficient (Wildman–Crippen LogP) is 4.55. The summed E-state index contributed by atoms with van der Waals surface area (Å²) >= 11 is 7.84. The SMILES string of the molecule is COc1ccc(Sc2ncc(-c3c(C)nc4c(Cl)cc(C)cn34)[nH]2)cn1. The molecule has 6 nitrogen and oxygen atoms in total. The smallest absolute Gasteiger partial charge is 0.212 e. The lowest BCUT2D eigenvalue weighted by Gasteiger charge is -2.03. The Balaban J connectivity index is 1.69. The van der Waals surface area contributed by atoms with E-state index in [-0.39, 0.29) is 0 Å². The van der Waals surface area contributed by atoms with E-state index in [1.54, 1.807) is 13.3 Å². The van der Waals surface area contributed by atoms with Gasteiger partial charge in [0.15, 0.2) is 10.8 Å². The Hall–Kier alpha value is -2.51. The van der Waals surface area contributed by atoms with Crippen LogP contribution in [-0.4, -0.2) is 31.4 Å². The van der Waals surface area contributed by atoms with Gasteiger partial charge in [-0.15, -0.1) is 0 Å². The zero-order valence-corrected chi connectivity index (χ0v) is 16.0. The molecule has 4 aromatic heterocycles. The Morgan fingerprint density at radius 2 is 2.04 bits per heavy atom. The first-order valence-corrected chi connectivity index (χ1v) is 9.12.